The van der Waals surface area contributed by atoms with Gasteiger partial charge in [0.05, 0.1) is 6.04 Å². The summed E-state index contributed by atoms with van der Waals surface area (Å²) in [6, 6.07) is 8.00. The van der Waals surface area contributed by atoms with Gasteiger partial charge in [-0.25, -0.2) is 4.79 Å². The molecule has 0 saturated heterocycles. The lowest BCUT2D eigenvalue weighted by molar-refractivity contribution is 0.205. The molecule has 1 unspecified atom stereocenters. The van der Waals surface area contributed by atoms with Gasteiger partial charge in [-0.1, -0.05) is 18.2 Å². The molecule has 2 rings (SSSR count). The monoisotopic (exact) mass is 212 g/mol. The lowest BCUT2D eigenvalue weighted by atomic mass is 10.0. The Morgan fingerprint density at radius 2 is 2.00 bits per heavy atom. The summed E-state index contributed by atoms with van der Waals surface area (Å²) in [4.78, 5) is 13.1. The molecule has 1 heterocycles. The topological polar surface area (TPSA) is 32.3 Å². The number of benzene rings is 1. The fourth-order valence-corrected chi connectivity index (χ4v) is 1.56. The van der Waals surface area contributed by atoms with Gasteiger partial charge in [0, 0.05) is 12.7 Å². The third kappa shape index (κ3) is 1.55. The molecule has 2 amide bonds. The number of hydrogen-bond donors (Lipinski definition) is 1. The maximum Gasteiger partial charge on any atom is 0.322 e. The quantitative estimate of drug-likeness (QED) is 0.705. The summed E-state index contributed by atoms with van der Waals surface area (Å²) in [7, 11) is 1.80. The Labute approximate surface area is 89.5 Å². The molecule has 0 aliphatic carbocycles. The summed E-state index contributed by atoms with van der Waals surface area (Å²) in [6.07, 6.45) is 0. The zero-order valence-electron chi connectivity index (χ0n) is 8.15. The average Bonchev–Trinajstić information content (AvgIpc) is 2.15. The summed E-state index contributed by atoms with van der Waals surface area (Å²) in [5.74, 6) is 0. The van der Waals surface area contributed by atoms with E-state index in [1.54, 1.807) is 11.9 Å². The molecule has 1 N–H and O–H groups in total. The third-order valence-corrected chi connectivity index (χ3v) is 2.55. The molecule has 0 fully saturated rings. The number of halogens is 1. The van der Waals surface area contributed by atoms with E-state index < -0.39 is 0 Å². The number of urea groups is 1. The number of amides is 2. The first-order chi connectivity index (χ1) is 6.20. The summed E-state index contributed by atoms with van der Waals surface area (Å²) in [5, 5.41) is 2.83. The van der Waals surface area contributed by atoms with Crippen molar-refractivity contribution in [3.63, 3.8) is 0 Å². The second-order valence-electron chi connectivity index (χ2n) is 3.30. The van der Waals surface area contributed by atoms with E-state index in [0.717, 1.165) is 5.69 Å². The van der Waals surface area contributed by atoms with Gasteiger partial charge in [0.25, 0.3) is 0 Å². The van der Waals surface area contributed by atoms with Gasteiger partial charge in [0.15, 0.2) is 0 Å². The molecule has 0 spiro atoms. The first-order valence-electron chi connectivity index (χ1n) is 4.33. The Balaban J connectivity index is 0.000000980. The van der Waals surface area contributed by atoms with Gasteiger partial charge in [-0.05, 0) is 18.6 Å². The number of rotatable bonds is 0. The molecule has 3 nitrogen and oxygen atoms in total. The fourth-order valence-electron chi connectivity index (χ4n) is 1.56. The number of nitrogens with zero attached hydrogens (tertiary/aromatic N) is 1. The Hall–Kier alpha value is -1.22. The van der Waals surface area contributed by atoms with Crippen molar-refractivity contribution in [3.8, 4) is 0 Å². The van der Waals surface area contributed by atoms with Gasteiger partial charge in [0.2, 0.25) is 0 Å². The molecule has 1 aromatic carbocycles. The number of nitrogens with one attached hydrogen (secondary N) is 1. The van der Waals surface area contributed by atoms with Gasteiger partial charge < -0.3 is 10.2 Å². The van der Waals surface area contributed by atoms with Crippen LogP contribution in [0.3, 0.4) is 0 Å². The minimum Gasteiger partial charge on any atom is -0.321 e. The Bertz CT molecular complexity index is 354. The van der Waals surface area contributed by atoms with E-state index in [1.807, 2.05) is 31.2 Å². The molecule has 1 aliphatic heterocycles. The van der Waals surface area contributed by atoms with Gasteiger partial charge >= 0.3 is 6.03 Å². The summed E-state index contributed by atoms with van der Waals surface area (Å²) in [5.41, 5.74) is 2.10. The van der Waals surface area contributed by atoms with E-state index in [1.165, 1.54) is 5.56 Å². The first kappa shape index (κ1) is 10.9. The molecule has 14 heavy (non-hydrogen) atoms. The van der Waals surface area contributed by atoms with E-state index in [2.05, 4.69) is 5.32 Å². The van der Waals surface area contributed by atoms with Crippen LogP contribution in [0.5, 0.6) is 0 Å². The number of fused-ring (bicyclic) bond motifs is 1. The SMILES string of the molecule is CC1c2ccccc2NC(=O)N1C.Cl. The maximum absolute atomic E-state index is 11.4. The molecular weight excluding hydrogens is 200 g/mol. The lowest BCUT2D eigenvalue weighted by Crippen LogP contribution is -2.38. The predicted molar refractivity (Wildman–Crippen MR) is 58.9 cm³/mol. The van der Waals surface area contributed by atoms with Crippen molar-refractivity contribution in [1.29, 1.82) is 0 Å². The molecule has 1 aliphatic rings. The summed E-state index contributed by atoms with van der Waals surface area (Å²) in [6.45, 7) is 2.03. The van der Waals surface area contributed by atoms with Crippen LogP contribution in [0.15, 0.2) is 24.3 Å². The summed E-state index contributed by atoms with van der Waals surface area (Å²) >= 11 is 0. The minimum atomic E-state index is -0.0359. The Morgan fingerprint density at radius 1 is 1.36 bits per heavy atom. The maximum atomic E-state index is 11.4. The highest BCUT2D eigenvalue weighted by Crippen LogP contribution is 2.30. The highest BCUT2D eigenvalue weighted by Gasteiger charge is 2.25. The van der Waals surface area contributed by atoms with Crippen LogP contribution >= 0.6 is 12.4 Å². The average molecular weight is 213 g/mol. The van der Waals surface area contributed by atoms with Crippen LogP contribution in [0, 0.1) is 0 Å². The van der Waals surface area contributed by atoms with E-state index >= 15 is 0 Å². The second kappa shape index (κ2) is 3.88. The molecule has 1 aromatic rings. The van der Waals surface area contributed by atoms with Gasteiger partial charge in [-0.3, -0.25) is 0 Å². The number of anilines is 1. The van der Waals surface area contributed by atoms with Crippen molar-refractivity contribution in [2.24, 2.45) is 0 Å². The number of carbonyl (C=O) groups is 1. The van der Waals surface area contributed by atoms with Crippen LogP contribution in [-0.2, 0) is 0 Å². The molecule has 0 saturated carbocycles. The number of para-hydroxylation sites is 1. The van der Waals surface area contributed by atoms with Crippen LogP contribution in [-0.4, -0.2) is 18.0 Å². The van der Waals surface area contributed by atoms with Crippen molar-refractivity contribution < 1.29 is 4.79 Å². The van der Waals surface area contributed by atoms with Crippen LogP contribution < -0.4 is 5.32 Å². The van der Waals surface area contributed by atoms with Gasteiger partial charge in [-0.2, -0.15) is 0 Å². The lowest BCUT2D eigenvalue weighted by Gasteiger charge is -2.32. The van der Waals surface area contributed by atoms with E-state index in [9.17, 15) is 4.79 Å². The third-order valence-electron chi connectivity index (χ3n) is 2.55. The molecule has 0 bridgehead atoms. The van der Waals surface area contributed by atoms with Crippen molar-refractivity contribution in [2.45, 2.75) is 13.0 Å². The number of hydrogen-bond acceptors (Lipinski definition) is 1. The molecule has 1 atom stereocenters. The highest BCUT2D eigenvalue weighted by atomic mass is 35.5. The minimum absolute atomic E-state index is 0. The highest BCUT2D eigenvalue weighted by molar-refractivity contribution is 5.92. The Kier molecular flexibility index (Phi) is 3.01. The van der Waals surface area contributed by atoms with Crippen molar-refractivity contribution in [3.05, 3.63) is 29.8 Å². The predicted octanol–water partition coefficient (Wildman–Crippen LogP) is 2.65. The summed E-state index contributed by atoms with van der Waals surface area (Å²) < 4.78 is 0. The van der Waals surface area contributed by atoms with Crippen LogP contribution in [0.4, 0.5) is 10.5 Å². The molecular formula is C10H13ClN2O. The van der Waals surface area contributed by atoms with Crippen LogP contribution in [0.1, 0.15) is 18.5 Å². The molecule has 4 heteroatoms. The van der Waals surface area contributed by atoms with E-state index in [-0.39, 0.29) is 24.5 Å². The molecule has 0 radical (unpaired) electrons. The normalized spacial score (nSPS) is 19.4. The second-order valence-corrected chi connectivity index (χ2v) is 3.30. The standard InChI is InChI=1S/C10H12N2O.ClH/c1-7-8-5-3-4-6-9(8)11-10(13)12(7)2;/h3-7H,1-2H3,(H,11,13);1H. The fraction of sp³-hybridized carbons (Fsp3) is 0.300. The van der Waals surface area contributed by atoms with Crippen molar-refractivity contribution in [1.82, 2.24) is 4.90 Å². The van der Waals surface area contributed by atoms with Crippen molar-refractivity contribution >= 4 is 24.1 Å². The Morgan fingerprint density at radius 3 is 2.71 bits per heavy atom. The number of carbonyl (C=O) groups excluding carboxylic acids is 1. The molecule has 76 valence electrons. The van der Waals surface area contributed by atoms with Crippen LogP contribution in [0.25, 0.3) is 0 Å². The largest absolute Gasteiger partial charge is 0.322 e. The smallest absolute Gasteiger partial charge is 0.321 e. The van der Waals surface area contributed by atoms with Gasteiger partial charge in [0.1, 0.15) is 0 Å². The first-order valence-corrected chi connectivity index (χ1v) is 4.33. The van der Waals surface area contributed by atoms with Crippen LogP contribution in [0.2, 0.25) is 0 Å². The van der Waals surface area contributed by atoms with E-state index in [4.69, 9.17) is 0 Å². The molecule has 0 aromatic heterocycles. The van der Waals surface area contributed by atoms with Gasteiger partial charge in [-0.15, -0.1) is 12.4 Å². The zero-order valence-corrected chi connectivity index (χ0v) is 8.97. The van der Waals surface area contributed by atoms with E-state index in [0.29, 0.717) is 0 Å². The zero-order chi connectivity index (χ0) is 9.42. The van der Waals surface area contributed by atoms with Crippen molar-refractivity contribution in [2.75, 3.05) is 12.4 Å².